The van der Waals surface area contributed by atoms with Crippen LogP contribution in [0.15, 0.2) is 49.6 Å². The maximum Gasteiger partial charge on any atom is 0.316 e. The van der Waals surface area contributed by atoms with Crippen LogP contribution < -0.4 is 16.0 Å². The Balaban J connectivity index is 2.90. The van der Waals surface area contributed by atoms with Gasteiger partial charge in [0.25, 0.3) is 0 Å². The van der Waals surface area contributed by atoms with Gasteiger partial charge in [-0.3, -0.25) is 0 Å². The second-order valence-corrected chi connectivity index (χ2v) is 3.52. The number of carbonyl (C=O) groups is 1. The van der Waals surface area contributed by atoms with Crippen LogP contribution in [0.25, 0.3) is 0 Å². The number of carbonyl (C=O) groups excluding carboxylic acids is 1. The zero-order chi connectivity index (χ0) is 12.7. The fourth-order valence-electron chi connectivity index (χ4n) is 1.52. The van der Waals surface area contributed by atoms with Crippen LogP contribution in [0.4, 0.5) is 16.2 Å². The number of hydrogen-bond donors (Lipinski definition) is 2. The topological polar surface area (TPSA) is 58.4 Å². The monoisotopic (exact) mass is 231 g/mol. The maximum atomic E-state index is 10.8. The van der Waals surface area contributed by atoms with Crippen molar-refractivity contribution in [3.63, 3.8) is 0 Å². The summed E-state index contributed by atoms with van der Waals surface area (Å²) < 4.78 is 0. The molecular weight excluding hydrogens is 214 g/mol. The molecule has 1 aromatic rings. The van der Waals surface area contributed by atoms with Crippen LogP contribution in [0, 0.1) is 0 Å². The molecule has 0 spiro atoms. The van der Waals surface area contributed by atoms with Crippen molar-refractivity contribution >= 4 is 17.4 Å². The quantitative estimate of drug-likeness (QED) is 0.738. The van der Waals surface area contributed by atoms with E-state index in [2.05, 4.69) is 23.4 Å². The Morgan fingerprint density at radius 3 is 2.53 bits per heavy atom. The van der Waals surface area contributed by atoms with Gasteiger partial charge in [-0.2, -0.15) is 0 Å². The van der Waals surface area contributed by atoms with E-state index in [-0.39, 0.29) is 0 Å². The van der Waals surface area contributed by atoms with Crippen molar-refractivity contribution in [1.82, 2.24) is 0 Å². The molecule has 17 heavy (non-hydrogen) atoms. The average Bonchev–Trinajstić information content (AvgIpc) is 2.28. The molecule has 0 heterocycles. The number of benzene rings is 1. The molecule has 0 unspecified atom stereocenters. The van der Waals surface area contributed by atoms with E-state index >= 15 is 0 Å². The Morgan fingerprint density at radius 1 is 1.35 bits per heavy atom. The lowest BCUT2D eigenvalue weighted by atomic mass is 10.2. The molecular formula is C13H17N3O. The second-order valence-electron chi connectivity index (χ2n) is 3.52. The van der Waals surface area contributed by atoms with Crippen LogP contribution in [-0.2, 0) is 0 Å². The molecule has 4 nitrogen and oxygen atoms in total. The Hall–Kier alpha value is -2.23. The maximum absolute atomic E-state index is 10.8. The molecule has 1 aromatic carbocycles. The molecule has 0 aliphatic heterocycles. The Labute approximate surface area is 101 Å². The summed E-state index contributed by atoms with van der Waals surface area (Å²) in [6.07, 6.45) is 3.63. The molecule has 0 aromatic heterocycles. The molecule has 3 N–H and O–H groups in total. The molecule has 0 aliphatic carbocycles. The normalized spacial score (nSPS) is 9.41. The predicted octanol–water partition coefficient (Wildman–Crippen LogP) is 2.36. The number of rotatable bonds is 6. The van der Waals surface area contributed by atoms with E-state index in [1.807, 2.05) is 30.4 Å². The summed E-state index contributed by atoms with van der Waals surface area (Å²) in [7, 11) is 0. The summed E-state index contributed by atoms with van der Waals surface area (Å²) in [5, 5.41) is 2.54. The number of anilines is 2. The first-order chi connectivity index (χ1) is 8.17. The Morgan fingerprint density at radius 2 is 2.00 bits per heavy atom. The van der Waals surface area contributed by atoms with Gasteiger partial charge in [0.05, 0.1) is 0 Å². The van der Waals surface area contributed by atoms with Gasteiger partial charge >= 0.3 is 6.03 Å². The van der Waals surface area contributed by atoms with Crippen molar-refractivity contribution in [2.45, 2.75) is 0 Å². The first kappa shape index (κ1) is 12.8. The highest BCUT2D eigenvalue weighted by molar-refractivity contribution is 5.88. The number of nitrogens with one attached hydrogen (secondary N) is 1. The van der Waals surface area contributed by atoms with Crippen molar-refractivity contribution in [3.05, 3.63) is 49.6 Å². The molecule has 4 heteroatoms. The molecule has 0 atom stereocenters. The highest BCUT2D eigenvalue weighted by Crippen LogP contribution is 2.19. The summed E-state index contributed by atoms with van der Waals surface area (Å²) in [5.74, 6) is 0. The van der Waals surface area contributed by atoms with Gasteiger partial charge in [-0.15, -0.1) is 13.2 Å². The molecule has 0 fully saturated rings. The van der Waals surface area contributed by atoms with Crippen molar-refractivity contribution < 1.29 is 4.79 Å². The van der Waals surface area contributed by atoms with E-state index in [1.165, 1.54) is 0 Å². The molecule has 0 aliphatic rings. The lowest BCUT2D eigenvalue weighted by Crippen LogP contribution is -2.23. The zero-order valence-electron chi connectivity index (χ0n) is 9.73. The van der Waals surface area contributed by atoms with Crippen LogP contribution in [0.5, 0.6) is 0 Å². The van der Waals surface area contributed by atoms with Gasteiger partial charge in [-0.1, -0.05) is 18.2 Å². The predicted molar refractivity (Wildman–Crippen MR) is 72.3 cm³/mol. The van der Waals surface area contributed by atoms with Crippen LogP contribution >= 0.6 is 0 Å². The molecule has 0 radical (unpaired) electrons. The molecule has 0 bridgehead atoms. The first-order valence-corrected chi connectivity index (χ1v) is 5.30. The number of urea groups is 1. The summed E-state index contributed by atoms with van der Waals surface area (Å²) in [4.78, 5) is 12.8. The molecule has 1 rings (SSSR count). The number of hydrogen-bond acceptors (Lipinski definition) is 2. The van der Waals surface area contributed by atoms with Crippen molar-refractivity contribution in [3.8, 4) is 0 Å². The molecule has 90 valence electrons. The standard InChI is InChI=1S/C13H17N3O/c1-3-8-16(9-4-2)12-7-5-6-11(10-12)15-13(14)17/h3-7,10H,1-2,8-9H2,(H3,14,15,17). The van der Waals surface area contributed by atoms with Gasteiger partial charge in [-0.25, -0.2) is 4.79 Å². The zero-order valence-corrected chi connectivity index (χ0v) is 9.73. The third-order valence-corrected chi connectivity index (χ3v) is 2.18. The minimum atomic E-state index is -0.568. The van der Waals surface area contributed by atoms with Gasteiger partial charge in [0.1, 0.15) is 0 Å². The minimum Gasteiger partial charge on any atom is -0.364 e. The number of primary amides is 1. The van der Waals surface area contributed by atoms with Crippen LogP contribution in [0.3, 0.4) is 0 Å². The molecule has 0 saturated carbocycles. The molecule has 2 amide bonds. The highest BCUT2D eigenvalue weighted by Gasteiger charge is 2.04. The Kier molecular flexibility index (Phi) is 4.81. The third kappa shape index (κ3) is 4.03. The largest absolute Gasteiger partial charge is 0.364 e. The van der Waals surface area contributed by atoms with Gasteiger partial charge in [0.2, 0.25) is 0 Å². The average molecular weight is 231 g/mol. The van der Waals surface area contributed by atoms with Gasteiger partial charge in [-0.05, 0) is 18.2 Å². The number of amides is 2. The lowest BCUT2D eigenvalue weighted by molar-refractivity contribution is 0.259. The first-order valence-electron chi connectivity index (χ1n) is 5.30. The summed E-state index contributed by atoms with van der Waals surface area (Å²) in [6, 6.07) is 6.89. The fraction of sp³-hybridized carbons (Fsp3) is 0.154. The van der Waals surface area contributed by atoms with Crippen molar-refractivity contribution in [1.29, 1.82) is 0 Å². The van der Waals surface area contributed by atoms with E-state index in [9.17, 15) is 4.79 Å². The van der Waals surface area contributed by atoms with Crippen LogP contribution in [0.1, 0.15) is 0 Å². The van der Waals surface area contributed by atoms with E-state index in [4.69, 9.17) is 5.73 Å². The van der Waals surface area contributed by atoms with Gasteiger partial charge in [0, 0.05) is 24.5 Å². The minimum absolute atomic E-state index is 0.568. The number of nitrogens with two attached hydrogens (primary N) is 1. The SMILES string of the molecule is C=CCN(CC=C)c1cccc(NC(N)=O)c1. The second kappa shape index (κ2) is 6.37. The summed E-state index contributed by atoms with van der Waals surface area (Å²) >= 11 is 0. The van der Waals surface area contributed by atoms with E-state index in [0.717, 1.165) is 5.69 Å². The van der Waals surface area contributed by atoms with Crippen molar-refractivity contribution in [2.75, 3.05) is 23.3 Å². The van der Waals surface area contributed by atoms with Gasteiger partial charge < -0.3 is 16.0 Å². The van der Waals surface area contributed by atoms with Gasteiger partial charge in [0.15, 0.2) is 0 Å². The van der Waals surface area contributed by atoms with Crippen molar-refractivity contribution in [2.24, 2.45) is 5.73 Å². The molecule has 0 saturated heterocycles. The summed E-state index contributed by atoms with van der Waals surface area (Å²) in [5.41, 5.74) is 6.73. The smallest absolute Gasteiger partial charge is 0.316 e. The van der Waals surface area contributed by atoms with Crippen LogP contribution in [-0.4, -0.2) is 19.1 Å². The highest BCUT2D eigenvalue weighted by atomic mass is 16.2. The summed E-state index contributed by atoms with van der Waals surface area (Å²) in [6.45, 7) is 8.86. The third-order valence-electron chi connectivity index (χ3n) is 2.18. The lowest BCUT2D eigenvalue weighted by Gasteiger charge is -2.22. The number of nitrogens with zero attached hydrogens (tertiary/aromatic N) is 1. The van der Waals surface area contributed by atoms with E-state index in [1.54, 1.807) is 6.07 Å². The van der Waals surface area contributed by atoms with E-state index < -0.39 is 6.03 Å². The Bertz CT molecular complexity index is 405. The van der Waals surface area contributed by atoms with Crippen LogP contribution in [0.2, 0.25) is 0 Å². The van der Waals surface area contributed by atoms with E-state index in [0.29, 0.717) is 18.8 Å². The fourth-order valence-corrected chi connectivity index (χ4v) is 1.52.